The molecule has 1 atom stereocenters. The Bertz CT molecular complexity index is 501. The van der Waals surface area contributed by atoms with Crippen molar-refractivity contribution in [3.63, 3.8) is 0 Å². The van der Waals surface area contributed by atoms with Gasteiger partial charge in [-0.3, -0.25) is 6.08 Å². The maximum absolute atomic E-state index is 3.76. The fourth-order valence-corrected chi connectivity index (χ4v) is 5.41. The summed E-state index contributed by atoms with van der Waals surface area (Å²) in [5, 5.41) is 3.37. The molecular weight excluding hydrogens is 382 g/mol. The average Bonchev–Trinajstić information content (AvgIpc) is 2.75. The zero-order chi connectivity index (χ0) is 10.8. The van der Waals surface area contributed by atoms with Crippen LogP contribution in [0, 0.1) is 26.3 Å². The molecule has 0 radical (unpaired) electrons. The van der Waals surface area contributed by atoms with Gasteiger partial charge in [0, 0.05) is 9.52 Å². The molecule has 0 fully saturated rings. The zero-order valence-electron chi connectivity index (χ0n) is 13.2. The van der Waals surface area contributed by atoms with Crippen molar-refractivity contribution in [1.29, 1.82) is 0 Å². The maximum Gasteiger partial charge on any atom is 2.00 e. The minimum absolute atomic E-state index is 0. The van der Waals surface area contributed by atoms with E-state index in [2.05, 4.69) is 39.8 Å². The molecule has 4 heteroatoms. The first kappa shape index (κ1) is 25.6. The van der Waals surface area contributed by atoms with E-state index in [4.69, 9.17) is 0 Å². The third kappa shape index (κ3) is 3.35. The summed E-state index contributed by atoms with van der Waals surface area (Å²) in [6, 6.07) is 0. The quantitative estimate of drug-likeness (QED) is 0.341. The number of fused-ring (bicyclic) bond motifs is 1. The van der Waals surface area contributed by atoms with Crippen molar-refractivity contribution in [3.8, 4) is 0 Å². The first-order valence-corrected chi connectivity index (χ1v) is 7.16. The van der Waals surface area contributed by atoms with Crippen LogP contribution in [-0.4, -0.2) is 9.52 Å². The van der Waals surface area contributed by atoms with Crippen molar-refractivity contribution in [1.82, 2.24) is 0 Å². The molecule has 0 saturated carbocycles. The van der Waals surface area contributed by atoms with Gasteiger partial charge >= 0.3 is 26.2 Å². The molecule has 0 saturated heterocycles. The van der Waals surface area contributed by atoms with Crippen molar-refractivity contribution in [2.45, 2.75) is 34.1 Å². The van der Waals surface area contributed by atoms with Gasteiger partial charge in [0.25, 0.3) is 0 Å². The standard InChI is InChI=1S/C14H17Si.2CH3.2ClH.Zr/c1-8-5-9(2)11(6-8)14(4)7-12-10(3)13(14)15-12;;;;;/h5H,6,15H2,1-4H3;2*1H3;2*1H;/q3*-1;;;+2/p-2. The van der Waals surface area contributed by atoms with E-state index in [0.29, 0.717) is 0 Å². The molecule has 4 rings (SSSR count). The van der Waals surface area contributed by atoms with E-state index in [1.54, 1.807) is 21.5 Å². The Labute approximate surface area is 159 Å². The van der Waals surface area contributed by atoms with E-state index in [9.17, 15) is 0 Å². The van der Waals surface area contributed by atoms with Crippen LogP contribution in [0.1, 0.15) is 34.1 Å². The van der Waals surface area contributed by atoms with E-state index in [1.165, 1.54) is 17.6 Å². The van der Waals surface area contributed by atoms with Gasteiger partial charge in [-0.2, -0.15) is 5.20 Å². The van der Waals surface area contributed by atoms with Crippen LogP contribution in [0.25, 0.3) is 0 Å². The maximum atomic E-state index is 3.76. The number of halogens is 2. The third-order valence-electron chi connectivity index (χ3n) is 4.26. The smallest absolute Gasteiger partial charge is 1.00 e. The van der Waals surface area contributed by atoms with Crippen LogP contribution in [0.4, 0.5) is 0 Å². The summed E-state index contributed by atoms with van der Waals surface area (Å²) < 4.78 is 0. The summed E-state index contributed by atoms with van der Waals surface area (Å²) in [6.07, 6.45) is 7.28. The second-order valence-electron chi connectivity index (χ2n) is 5.34. The minimum Gasteiger partial charge on any atom is -1.00 e. The molecule has 0 aromatic rings. The first-order chi connectivity index (χ1) is 7.02. The average molecular weight is 406 g/mol. The number of hydrogen-bond acceptors (Lipinski definition) is 0. The van der Waals surface area contributed by atoms with Crippen LogP contribution < -0.4 is 24.8 Å². The summed E-state index contributed by atoms with van der Waals surface area (Å²) in [6.45, 7) is 9.16. The summed E-state index contributed by atoms with van der Waals surface area (Å²) >= 11 is 0. The Morgan fingerprint density at radius 3 is 2.00 bits per heavy atom. The molecule has 20 heavy (non-hydrogen) atoms. The van der Waals surface area contributed by atoms with E-state index in [0.717, 1.165) is 0 Å². The first-order valence-electron chi connectivity index (χ1n) is 5.74. The van der Waals surface area contributed by atoms with Crippen molar-refractivity contribution >= 4 is 9.52 Å². The molecule has 0 nitrogen and oxygen atoms in total. The zero-order valence-corrected chi connectivity index (χ0v) is 18.6. The van der Waals surface area contributed by atoms with Gasteiger partial charge in [-0.1, -0.05) is 35.1 Å². The van der Waals surface area contributed by atoms with Crippen LogP contribution in [0.2, 0.25) is 0 Å². The molecule has 112 valence electrons. The Kier molecular flexibility index (Phi) is 10.6. The van der Waals surface area contributed by atoms with Crippen LogP contribution >= 0.6 is 0 Å². The summed E-state index contributed by atoms with van der Waals surface area (Å²) in [4.78, 5) is 0. The molecule has 0 amide bonds. The molecule has 2 bridgehead atoms. The number of allylic oxidation sites excluding steroid dienone is 8. The van der Waals surface area contributed by atoms with Gasteiger partial charge in [0.1, 0.15) is 0 Å². The Morgan fingerprint density at radius 2 is 1.70 bits per heavy atom. The summed E-state index contributed by atoms with van der Waals surface area (Å²) in [5.41, 5.74) is 6.41. The molecule has 0 aromatic heterocycles. The molecule has 1 unspecified atom stereocenters. The molecule has 4 aliphatic rings. The second kappa shape index (κ2) is 8.32. The van der Waals surface area contributed by atoms with Gasteiger partial charge in [0.2, 0.25) is 0 Å². The summed E-state index contributed by atoms with van der Waals surface area (Å²) in [5.74, 6) is 0. The minimum atomic E-state index is -0.0321. The number of rotatable bonds is 1. The fraction of sp³-hybridized carbons (Fsp3) is 0.375. The predicted molar refractivity (Wildman–Crippen MR) is 80.0 cm³/mol. The topological polar surface area (TPSA) is 0 Å². The van der Waals surface area contributed by atoms with E-state index >= 15 is 0 Å². The third-order valence-corrected chi connectivity index (χ3v) is 6.91. The fourth-order valence-electron chi connectivity index (χ4n) is 3.34. The Hall–Kier alpha value is 0.640. The Balaban J connectivity index is -0.000000578. The van der Waals surface area contributed by atoms with Gasteiger partial charge in [0.05, 0.1) is 0 Å². The van der Waals surface area contributed by atoms with E-state index in [1.807, 2.05) is 0 Å². The molecule has 2 aliphatic heterocycles. The van der Waals surface area contributed by atoms with Gasteiger partial charge in [-0.15, -0.1) is 6.92 Å². The van der Waals surface area contributed by atoms with Crippen LogP contribution in [0.15, 0.2) is 38.8 Å². The predicted octanol–water partition coefficient (Wildman–Crippen LogP) is -2.28. The van der Waals surface area contributed by atoms with Crippen molar-refractivity contribution in [3.05, 3.63) is 59.7 Å². The monoisotopic (exact) mass is 403 g/mol. The molecule has 2 heterocycles. The summed E-state index contributed by atoms with van der Waals surface area (Å²) in [7, 11) is -0.0321. The van der Waals surface area contributed by atoms with E-state index in [-0.39, 0.29) is 80.8 Å². The molecule has 0 spiro atoms. The van der Waals surface area contributed by atoms with Gasteiger partial charge < -0.3 is 39.7 Å². The Morgan fingerprint density at radius 1 is 1.15 bits per heavy atom. The number of hydrogen-bond donors (Lipinski definition) is 0. The molecular formula is C16H23Cl2SiZr-3. The van der Waals surface area contributed by atoms with Crippen molar-refractivity contribution in [2.24, 2.45) is 5.41 Å². The van der Waals surface area contributed by atoms with Crippen molar-refractivity contribution in [2.75, 3.05) is 0 Å². The van der Waals surface area contributed by atoms with Gasteiger partial charge in [-0.25, -0.2) is 10.8 Å². The van der Waals surface area contributed by atoms with E-state index < -0.39 is 0 Å². The van der Waals surface area contributed by atoms with Crippen LogP contribution in [-0.2, 0) is 26.2 Å². The largest absolute Gasteiger partial charge is 2.00 e. The molecule has 2 aliphatic carbocycles. The van der Waals surface area contributed by atoms with Gasteiger partial charge in [-0.05, 0) is 20.3 Å². The van der Waals surface area contributed by atoms with Crippen molar-refractivity contribution < 1.29 is 51.0 Å². The molecule has 0 N–H and O–H groups in total. The second-order valence-corrected chi connectivity index (χ2v) is 7.11. The SMILES string of the molecule is CC1=CC(C)=C(C2(C)[C-]=C3[SiH2]C2=C3C)C1.[CH3-].[CH3-].[Cl-].[Cl-].[Zr+2]. The van der Waals surface area contributed by atoms with Crippen LogP contribution in [0.3, 0.4) is 0 Å². The van der Waals surface area contributed by atoms with Crippen LogP contribution in [0.5, 0.6) is 0 Å². The normalized spacial score (nSPS) is 26.2. The molecule has 0 aromatic carbocycles. The van der Waals surface area contributed by atoms with Gasteiger partial charge in [0.15, 0.2) is 0 Å².